The number of likely N-dealkylation sites (tertiary alicyclic amines) is 1. The lowest BCUT2D eigenvalue weighted by atomic mass is 9.73. The summed E-state index contributed by atoms with van der Waals surface area (Å²) < 4.78 is 5.54. The molecule has 23 heavy (non-hydrogen) atoms. The van der Waals surface area contributed by atoms with Crippen molar-refractivity contribution in [3.8, 4) is 0 Å². The van der Waals surface area contributed by atoms with Gasteiger partial charge in [-0.3, -0.25) is 4.79 Å². The van der Waals surface area contributed by atoms with Gasteiger partial charge in [0.05, 0.1) is 5.41 Å². The first kappa shape index (κ1) is 16.7. The maximum absolute atomic E-state index is 13.4. The minimum absolute atomic E-state index is 0.252. The Morgan fingerprint density at radius 2 is 2.22 bits per heavy atom. The molecule has 1 atom stereocenters. The summed E-state index contributed by atoms with van der Waals surface area (Å²) in [6, 6.07) is 7.79. The van der Waals surface area contributed by atoms with Crippen molar-refractivity contribution < 1.29 is 9.53 Å². The Kier molecular flexibility index (Phi) is 5.24. The fourth-order valence-corrected chi connectivity index (χ4v) is 4.10. The lowest BCUT2D eigenvalue weighted by molar-refractivity contribution is -0.140. The summed E-state index contributed by atoms with van der Waals surface area (Å²) >= 11 is 6.19. The molecule has 0 unspecified atom stereocenters. The minimum Gasteiger partial charge on any atom is -0.381 e. The topological polar surface area (TPSA) is 41.6 Å². The van der Waals surface area contributed by atoms with Crippen molar-refractivity contribution >= 4 is 17.5 Å². The van der Waals surface area contributed by atoms with Gasteiger partial charge in [0.1, 0.15) is 0 Å². The van der Waals surface area contributed by atoms with Gasteiger partial charge in [-0.15, -0.1) is 0 Å². The number of benzene rings is 1. The van der Waals surface area contributed by atoms with Crippen LogP contribution in [0.25, 0.3) is 0 Å². The van der Waals surface area contributed by atoms with Gasteiger partial charge >= 0.3 is 0 Å². The smallest absolute Gasteiger partial charge is 0.233 e. The number of carbonyl (C=O) groups is 1. The number of nitrogens with zero attached hydrogens (tertiary/aromatic N) is 1. The number of amides is 1. The van der Waals surface area contributed by atoms with Gasteiger partial charge in [-0.1, -0.05) is 23.7 Å². The van der Waals surface area contributed by atoms with E-state index in [0.717, 1.165) is 44.5 Å². The highest BCUT2D eigenvalue weighted by atomic mass is 35.5. The van der Waals surface area contributed by atoms with Crippen LogP contribution < -0.4 is 5.32 Å². The maximum atomic E-state index is 13.4. The average Bonchev–Trinajstić information content (AvgIpc) is 3.04. The van der Waals surface area contributed by atoms with E-state index in [4.69, 9.17) is 16.3 Å². The Bertz CT molecular complexity index is 558. The molecule has 2 heterocycles. The largest absolute Gasteiger partial charge is 0.381 e. The monoisotopic (exact) mass is 336 g/mol. The number of nitrogens with one attached hydrogen (secondary N) is 1. The third-order valence-corrected chi connectivity index (χ3v) is 5.43. The number of hydrogen-bond donors (Lipinski definition) is 1. The highest BCUT2D eigenvalue weighted by molar-refractivity contribution is 6.30. The minimum atomic E-state index is -0.475. The summed E-state index contributed by atoms with van der Waals surface area (Å²) in [6.07, 6.45) is 2.55. The van der Waals surface area contributed by atoms with E-state index in [2.05, 4.69) is 5.32 Å². The molecule has 4 nitrogen and oxygen atoms in total. The van der Waals surface area contributed by atoms with Gasteiger partial charge in [-0.25, -0.2) is 0 Å². The van der Waals surface area contributed by atoms with Crippen molar-refractivity contribution in [2.45, 2.75) is 24.7 Å². The molecule has 1 N–H and O–H groups in total. The molecule has 0 radical (unpaired) electrons. The van der Waals surface area contributed by atoms with Gasteiger partial charge in [-0.2, -0.15) is 0 Å². The summed E-state index contributed by atoms with van der Waals surface area (Å²) in [5.41, 5.74) is 0.563. The zero-order chi connectivity index (χ0) is 16.3. The van der Waals surface area contributed by atoms with Gasteiger partial charge < -0.3 is 15.0 Å². The van der Waals surface area contributed by atoms with Crippen molar-refractivity contribution in [3.05, 3.63) is 34.9 Å². The van der Waals surface area contributed by atoms with Crippen LogP contribution in [0.15, 0.2) is 24.3 Å². The Morgan fingerprint density at radius 3 is 2.91 bits per heavy atom. The van der Waals surface area contributed by atoms with Crippen molar-refractivity contribution in [2.24, 2.45) is 5.92 Å². The zero-order valence-electron chi connectivity index (χ0n) is 13.7. The number of hydrogen-bond acceptors (Lipinski definition) is 3. The van der Waals surface area contributed by atoms with Gasteiger partial charge in [-0.05, 0) is 56.5 Å². The Labute approximate surface area is 143 Å². The van der Waals surface area contributed by atoms with E-state index in [0.29, 0.717) is 24.2 Å². The fourth-order valence-electron chi connectivity index (χ4n) is 3.91. The molecule has 2 saturated heterocycles. The van der Waals surface area contributed by atoms with Crippen LogP contribution in [0.3, 0.4) is 0 Å². The summed E-state index contributed by atoms with van der Waals surface area (Å²) in [5, 5.41) is 3.91. The molecule has 1 aromatic rings. The summed E-state index contributed by atoms with van der Waals surface area (Å²) in [6.45, 7) is 3.94. The fraction of sp³-hybridized carbons (Fsp3) is 0.611. The quantitative estimate of drug-likeness (QED) is 0.918. The SMILES string of the molecule is CNC[C@H]1CCN(C(=O)C2(c3cccc(Cl)c3)CCOCC2)C1. The average molecular weight is 337 g/mol. The molecule has 0 aromatic heterocycles. The van der Waals surface area contributed by atoms with E-state index in [1.54, 1.807) is 0 Å². The van der Waals surface area contributed by atoms with Gasteiger partial charge in [0.15, 0.2) is 0 Å². The molecule has 3 rings (SSSR count). The van der Waals surface area contributed by atoms with Crippen LogP contribution in [0, 0.1) is 5.92 Å². The first-order valence-electron chi connectivity index (χ1n) is 8.43. The molecule has 0 aliphatic carbocycles. The predicted molar refractivity (Wildman–Crippen MR) is 91.8 cm³/mol. The van der Waals surface area contributed by atoms with Gasteiger partial charge in [0.2, 0.25) is 5.91 Å². The third-order valence-electron chi connectivity index (χ3n) is 5.20. The normalized spacial score (nSPS) is 23.9. The van der Waals surface area contributed by atoms with Crippen LogP contribution in [0.4, 0.5) is 0 Å². The molecule has 2 fully saturated rings. The van der Waals surface area contributed by atoms with E-state index in [1.165, 1.54) is 0 Å². The van der Waals surface area contributed by atoms with Crippen LogP contribution in [-0.4, -0.2) is 50.7 Å². The second kappa shape index (κ2) is 7.20. The highest BCUT2D eigenvalue weighted by Crippen LogP contribution is 2.38. The first-order valence-corrected chi connectivity index (χ1v) is 8.81. The molecule has 2 aliphatic heterocycles. The molecular formula is C18H25ClN2O2. The van der Waals surface area contributed by atoms with Crippen LogP contribution in [0.5, 0.6) is 0 Å². The molecule has 2 aliphatic rings. The molecule has 5 heteroatoms. The number of ether oxygens (including phenoxy) is 1. The van der Waals surface area contributed by atoms with Crippen LogP contribution in [-0.2, 0) is 14.9 Å². The van der Waals surface area contributed by atoms with Crippen LogP contribution >= 0.6 is 11.6 Å². The molecular weight excluding hydrogens is 312 g/mol. The predicted octanol–water partition coefficient (Wildman–Crippen LogP) is 2.46. The second-order valence-electron chi connectivity index (χ2n) is 6.67. The van der Waals surface area contributed by atoms with Gasteiger partial charge in [0.25, 0.3) is 0 Å². The van der Waals surface area contributed by atoms with Crippen LogP contribution in [0.1, 0.15) is 24.8 Å². The van der Waals surface area contributed by atoms with Gasteiger partial charge in [0, 0.05) is 31.3 Å². The van der Waals surface area contributed by atoms with E-state index >= 15 is 0 Å². The highest BCUT2D eigenvalue weighted by Gasteiger charge is 2.45. The molecule has 126 valence electrons. The molecule has 0 bridgehead atoms. The molecule has 1 amide bonds. The lowest BCUT2D eigenvalue weighted by Gasteiger charge is -2.39. The molecule has 1 aromatic carbocycles. The Hall–Kier alpha value is -1.10. The summed E-state index contributed by atoms with van der Waals surface area (Å²) in [7, 11) is 1.97. The van der Waals surface area contributed by atoms with Crippen molar-refractivity contribution in [3.63, 3.8) is 0 Å². The Morgan fingerprint density at radius 1 is 1.43 bits per heavy atom. The lowest BCUT2D eigenvalue weighted by Crippen LogP contribution is -2.49. The number of rotatable bonds is 4. The van der Waals surface area contributed by atoms with E-state index in [-0.39, 0.29) is 5.91 Å². The third kappa shape index (κ3) is 3.39. The summed E-state index contributed by atoms with van der Waals surface area (Å²) in [4.78, 5) is 15.4. The first-order chi connectivity index (χ1) is 11.2. The van der Waals surface area contributed by atoms with E-state index in [9.17, 15) is 4.79 Å². The van der Waals surface area contributed by atoms with Crippen molar-refractivity contribution in [2.75, 3.05) is 39.9 Å². The maximum Gasteiger partial charge on any atom is 0.233 e. The standard InChI is InChI=1S/C18H25ClN2O2/c1-20-12-14-5-8-21(13-14)17(22)18(6-9-23-10-7-18)15-3-2-4-16(19)11-15/h2-4,11,14,20H,5-10,12-13H2,1H3/t14-/m1/s1. The van der Waals surface area contributed by atoms with E-state index in [1.807, 2.05) is 36.2 Å². The summed E-state index contributed by atoms with van der Waals surface area (Å²) in [5.74, 6) is 0.807. The van der Waals surface area contributed by atoms with Crippen LogP contribution in [0.2, 0.25) is 5.02 Å². The van der Waals surface area contributed by atoms with Crippen molar-refractivity contribution in [1.29, 1.82) is 0 Å². The van der Waals surface area contributed by atoms with Crippen molar-refractivity contribution in [1.82, 2.24) is 10.2 Å². The van der Waals surface area contributed by atoms with E-state index < -0.39 is 5.41 Å². The molecule has 0 saturated carbocycles. The molecule has 0 spiro atoms. The number of carbonyl (C=O) groups excluding carboxylic acids is 1. The zero-order valence-corrected chi connectivity index (χ0v) is 14.4. The number of halogens is 1. The Balaban J connectivity index is 1.86. The second-order valence-corrected chi connectivity index (χ2v) is 7.10.